The summed E-state index contributed by atoms with van der Waals surface area (Å²) in [5, 5.41) is 0. The Balaban J connectivity index is 4.09. The highest BCUT2D eigenvalue weighted by Crippen LogP contribution is 1.83. The molecular weight excluding hydrogens is 164 g/mol. The zero-order valence-electron chi connectivity index (χ0n) is 6.70. The fourth-order valence-corrected chi connectivity index (χ4v) is 0.380. The van der Waals surface area contributed by atoms with Crippen LogP contribution in [0.1, 0.15) is 0 Å². The molecule has 0 spiro atoms. The number of carbonyl (C=O) groups excluding carboxylic acids is 3. The Hall–Kier alpha value is -1.65. The van der Waals surface area contributed by atoms with Gasteiger partial charge >= 0.3 is 11.9 Å². The van der Waals surface area contributed by atoms with E-state index in [0.717, 1.165) is 26.4 Å². The fourth-order valence-electron chi connectivity index (χ4n) is 0.380. The second-order valence-electron chi connectivity index (χ2n) is 1.71. The third kappa shape index (κ3) is 3.50. The third-order valence-electron chi connectivity index (χ3n) is 0.959. The van der Waals surface area contributed by atoms with Crippen LogP contribution in [0.2, 0.25) is 0 Å². The van der Waals surface area contributed by atoms with Crippen LogP contribution in [0, 0.1) is 0 Å². The molecule has 0 bridgehead atoms. The molecule has 5 nitrogen and oxygen atoms in total. The minimum Gasteiger partial charge on any atom is -0.466 e. The number of hydrogen-bond acceptors (Lipinski definition) is 5. The van der Waals surface area contributed by atoms with E-state index in [1.54, 1.807) is 0 Å². The molecule has 0 aromatic carbocycles. The van der Waals surface area contributed by atoms with E-state index < -0.39 is 17.7 Å². The largest absolute Gasteiger partial charge is 0.466 e. The van der Waals surface area contributed by atoms with Gasteiger partial charge in [-0.2, -0.15) is 0 Å². The molecule has 12 heavy (non-hydrogen) atoms. The topological polar surface area (TPSA) is 69.7 Å². The first-order valence-electron chi connectivity index (χ1n) is 3.00. The first-order chi connectivity index (χ1) is 5.61. The van der Waals surface area contributed by atoms with Gasteiger partial charge in [0.2, 0.25) is 0 Å². The van der Waals surface area contributed by atoms with Crippen LogP contribution >= 0.6 is 0 Å². The molecule has 0 saturated heterocycles. The van der Waals surface area contributed by atoms with Crippen LogP contribution in [0.5, 0.6) is 0 Å². The van der Waals surface area contributed by atoms with Gasteiger partial charge in [0.15, 0.2) is 0 Å². The summed E-state index contributed by atoms with van der Waals surface area (Å²) in [4.78, 5) is 31.5. The van der Waals surface area contributed by atoms with Gasteiger partial charge in [0.05, 0.1) is 14.2 Å². The van der Waals surface area contributed by atoms with E-state index in [4.69, 9.17) is 0 Å². The highest BCUT2D eigenvalue weighted by Gasteiger charge is 2.09. The number of hydrogen-bond donors (Lipinski definition) is 0. The zero-order chi connectivity index (χ0) is 9.56. The van der Waals surface area contributed by atoms with Gasteiger partial charge in [-0.3, -0.25) is 4.79 Å². The number of ketones is 1. The Kier molecular flexibility index (Phi) is 4.36. The van der Waals surface area contributed by atoms with E-state index in [1.165, 1.54) is 0 Å². The fraction of sp³-hybridized carbons (Fsp3) is 0.286. The van der Waals surface area contributed by atoms with Gasteiger partial charge in [0.1, 0.15) is 0 Å². The highest BCUT2D eigenvalue weighted by molar-refractivity contribution is 6.38. The molecule has 0 N–H and O–H groups in total. The molecule has 0 saturated carbocycles. The molecule has 0 atom stereocenters. The Bertz CT molecular complexity index is 228. The van der Waals surface area contributed by atoms with Gasteiger partial charge in [-0.15, -0.1) is 0 Å². The van der Waals surface area contributed by atoms with Crippen LogP contribution in [0.4, 0.5) is 0 Å². The van der Waals surface area contributed by atoms with Crippen molar-refractivity contribution in [3.63, 3.8) is 0 Å². The van der Waals surface area contributed by atoms with Crippen molar-refractivity contribution in [1.82, 2.24) is 0 Å². The first kappa shape index (κ1) is 10.3. The summed E-state index contributed by atoms with van der Waals surface area (Å²) in [6, 6.07) is 0. The molecule has 66 valence electrons. The van der Waals surface area contributed by atoms with E-state index in [9.17, 15) is 14.4 Å². The minimum atomic E-state index is -1.02. The van der Waals surface area contributed by atoms with Gasteiger partial charge in [0, 0.05) is 12.2 Å². The van der Waals surface area contributed by atoms with Gasteiger partial charge in [-0.25, -0.2) is 9.59 Å². The molecule has 0 aromatic heterocycles. The third-order valence-corrected chi connectivity index (χ3v) is 0.959. The van der Waals surface area contributed by atoms with Crippen molar-refractivity contribution in [2.75, 3.05) is 14.2 Å². The van der Waals surface area contributed by atoms with Crippen molar-refractivity contribution in [1.29, 1.82) is 0 Å². The Labute approximate surface area is 69.0 Å². The van der Waals surface area contributed by atoms with E-state index in [0.29, 0.717) is 0 Å². The molecule has 0 rings (SSSR count). The van der Waals surface area contributed by atoms with E-state index in [2.05, 4.69) is 9.47 Å². The molecule has 0 aliphatic carbocycles. The first-order valence-corrected chi connectivity index (χ1v) is 3.00. The van der Waals surface area contributed by atoms with Crippen LogP contribution in [-0.4, -0.2) is 31.9 Å². The maximum atomic E-state index is 10.6. The summed E-state index contributed by atoms with van der Waals surface area (Å²) < 4.78 is 8.27. The van der Waals surface area contributed by atoms with Crippen LogP contribution in [-0.2, 0) is 23.9 Å². The SMILES string of the molecule is COC(=O)/C=C/C(=O)C(=O)OC. The lowest BCUT2D eigenvalue weighted by molar-refractivity contribution is -0.149. The van der Waals surface area contributed by atoms with Crippen molar-refractivity contribution < 1.29 is 23.9 Å². The molecular formula is C7H8O5. The lowest BCUT2D eigenvalue weighted by Crippen LogP contribution is -2.12. The van der Waals surface area contributed by atoms with Crippen molar-refractivity contribution in [2.24, 2.45) is 0 Å². The molecule has 0 heterocycles. The molecule has 0 aromatic rings. The van der Waals surface area contributed by atoms with Gasteiger partial charge in [-0.05, 0) is 0 Å². The van der Waals surface area contributed by atoms with Crippen molar-refractivity contribution in [2.45, 2.75) is 0 Å². The maximum absolute atomic E-state index is 10.6. The summed E-state index contributed by atoms with van der Waals surface area (Å²) in [7, 11) is 2.24. The highest BCUT2D eigenvalue weighted by atomic mass is 16.5. The van der Waals surface area contributed by atoms with Gasteiger partial charge in [0.25, 0.3) is 5.78 Å². The van der Waals surface area contributed by atoms with Crippen LogP contribution in [0.25, 0.3) is 0 Å². The van der Waals surface area contributed by atoms with Crippen LogP contribution < -0.4 is 0 Å². The summed E-state index contributed by atoms with van der Waals surface area (Å²) in [6.07, 6.45) is 1.64. The molecule has 0 amide bonds. The molecule has 5 heteroatoms. The molecule has 0 fully saturated rings. The van der Waals surface area contributed by atoms with E-state index in [1.807, 2.05) is 0 Å². The predicted molar refractivity (Wildman–Crippen MR) is 38.2 cm³/mol. The monoisotopic (exact) mass is 172 g/mol. The summed E-state index contributed by atoms with van der Waals surface area (Å²) in [6.45, 7) is 0. The lowest BCUT2D eigenvalue weighted by Gasteiger charge is -1.91. The second kappa shape index (κ2) is 5.06. The quantitative estimate of drug-likeness (QED) is 0.325. The van der Waals surface area contributed by atoms with E-state index in [-0.39, 0.29) is 0 Å². The van der Waals surface area contributed by atoms with Crippen molar-refractivity contribution >= 4 is 17.7 Å². The number of esters is 2. The second-order valence-corrected chi connectivity index (χ2v) is 1.71. The van der Waals surface area contributed by atoms with Crippen molar-refractivity contribution in [3.8, 4) is 0 Å². The van der Waals surface area contributed by atoms with Gasteiger partial charge in [-0.1, -0.05) is 0 Å². The molecule has 0 unspecified atom stereocenters. The smallest absolute Gasteiger partial charge is 0.378 e. The Morgan fingerprint density at radius 3 is 2.00 bits per heavy atom. The summed E-state index contributed by atoms with van der Waals surface area (Å²) >= 11 is 0. The average molecular weight is 172 g/mol. The minimum absolute atomic E-state index is 0.702. The summed E-state index contributed by atoms with van der Waals surface area (Å²) in [5.74, 6) is -2.62. The lowest BCUT2D eigenvalue weighted by atomic mass is 10.3. The zero-order valence-corrected chi connectivity index (χ0v) is 6.70. The van der Waals surface area contributed by atoms with Crippen molar-refractivity contribution in [3.05, 3.63) is 12.2 Å². The van der Waals surface area contributed by atoms with Crippen LogP contribution in [0.15, 0.2) is 12.2 Å². The standard InChI is InChI=1S/C7H8O5/c1-11-6(9)4-3-5(8)7(10)12-2/h3-4H,1-2H3/b4-3+. The number of rotatable bonds is 3. The number of carbonyl (C=O) groups is 3. The molecule has 0 radical (unpaired) electrons. The normalized spacial score (nSPS) is 9.50. The van der Waals surface area contributed by atoms with E-state index >= 15 is 0 Å². The average Bonchev–Trinajstić information content (AvgIpc) is 2.11. The molecule has 0 aliphatic rings. The number of methoxy groups -OCH3 is 2. The van der Waals surface area contributed by atoms with Gasteiger partial charge < -0.3 is 9.47 Å². The predicted octanol–water partition coefficient (Wildman–Crippen LogP) is -0.542. The van der Waals surface area contributed by atoms with Crippen LogP contribution in [0.3, 0.4) is 0 Å². The Morgan fingerprint density at radius 1 is 1.00 bits per heavy atom. The molecule has 0 aliphatic heterocycles. The number of ether oxygens (including phenoxy) is 2. The Morgan fingerprint density at radius 2 is 1.58 bits per heavy atom. The maximum Gasteiger partial charge on any atom is 0.378 e. The summed E-state index contributed by atoms with van der Waals surface area (Å²) in [5.41, 5.74) is 0.